The summed E-state index contributed by atoms with van der Waals surface area (Å²) in [6.07, 6.45) is -0.163. The first-order valence-electron chi connectivity index (χ1n) is 6.49. The Morgan fingerprint density at radius 2 is 1.67 bits per heavy atom. The maximum Gasteiger partial charge on any atom is 0.305 e. The normalized spacial score (nSPS) is 12.3. The average Bonchev–Trinajstić information content (AvgIpc) is 2.55. The molecule has 0 spiro atoms. The summed E-state index contributed by atoms with van der Waals surface area (Å²) >= 11 is 0. The summed E-state index contributed by atoms with van der Waals surface area (Å²) in [6.45, 7) is -3.65. The zero-order chi connectivity index (χ0) is 15.7. The lowest BCUT2D eigenvalue weighted by atomic mass is 9.84. The van der Waals surface area contributed by atoms with Crippen molar-refractivity contribution in [3.63, 3.8) is 0 Å². The van der Waals surface area contributed by atoms with Crippen LogP contribution in [0, 0.1) is 5.41 Å². The Morgan fingerprint density at radius 3 is 2.14 bits per heavy atom. The number of carbonyl (C=O) groups is 1. The first-order valence-corrected chi connectivity index (χ1v) is 6.49. The zero-order valence-electron chi connectivity index (χ0n) is 11.8. The van der Waals surface area contributed by atoms with E-state index in [2.05, 4.69) is 9.73 Å². The second-order valence-electron chi connectivity index (χ2n) is 4.65. The largest absolute Gasteiger partial charge is 0.469 e. The fraction of sp³-hybridized carbons (Fsp3) is 0.467. The minimum absolute atomic E-state index is 0.00778. The molecule has 116 valence electrons. The van der Waals surface area contributed by atoms with Crippen molar-refractivity contribution in [2.24, 2.45) is 10.4 Å². The van der Waals surface area contributed by atoms with Crippen molar-refractivity contribution in [2.45, 2.75) is 12.8 Å². The highest BCUT2D eigenvalue weighted by Gasteiger charge is 2.37. The van der Waals surface area contributed by atoms with Crippen LogP contribution in [0.3, 0.4) is 0 Å². The lowest BCUT2D eigenvalue weighted by Crippen LogP contribution is -2.38. The van der Waals surface area contributed by atoms with Gasteiger partial charge in [0.1, 0.15) is 20.0 Å². The topological polar surface area (TPSA) is 38.7 Å². The van der Waals surface area contributed by atoms with E-state index < -0.39 is 31.4 Å². The Kier molecular flexibility index (Phi) is 6.91. The Bertz CT molecular complexity index is 465. The van der Waals surface area contributed by atoms with Crippen LogP contribution in [0.25, 0.3) is 0 Å². The van der Waals surface area contributed by atoms with Crippen LogP contribution in [0.2, 0.25) is 0 Å². The number of carbonyl (C=O) groups excluding carboxylic acids is 1. The highest BCUT2D eigenvalue weighted by molar-refractivity contribution is 5.94. The highest BCUT2D eigenvalue weighted by Crippen LogP contribution is 2.28. The van der Waals surface area contributed by atoms with Crippen LogP contribution in [0.1, 0.15) is 12.8 Å². The van der Waals surface area contributed by atoms with E-state index in [0.717, 1.165) is 0 Å². The van der Waals surface area contributed by atoms with Crippen molar-refractivity contribution in [1.29, 1.82) is 0 Å². The van der Waals surface area contributed by atoms with Crippen LogP contribution < -0.4 is 0 Å². The van der Waals surface area contributed by atoms with Gasteiger partial charge in [0.25, 0.3) is 0 Å². The van der Waals surface area contributed by atoms with Gasteiger partial charge in [-0.3, -0.25) is 9.79 Å². The molecule has 0 aromatic heterocycles. The molecule has 0 fully saturated rings. The number of ether oxygens (including phenoxy) is 1. The van der Waals surface area contributed by atoms with Gasteiger partial charge in [-0.05, 0) is 18.6 Å². The lowest BCUT2D eigenvalue weighted by molar-refractivity contribution is -0.140. The van der Waals surface area contributed by atoms with Gasteiger partial charge in [0, 0.05) is 5.71 Å². The van der Waals surface area contributed by atoms with Gasteiger partial charge in [-0.1, -0.05) is 18.2 Å². The molecule has 0 unspecified atom stereocenters. The molecule has 0 aliphatic rings. The summed E-state index contributed by atoms with van der Waals surface area (Å²) in [6, 6.07) is 8.45. The predicted octanol–water partition coefficient (Wildman–Crippen LogP) is 3.61. The minimum atomic E-state index is -1.93. The number of para-hydroxylation sites is 1. The van der Waals surface area contributed by atoms with Crippen LogP contribution in [0.4, 0.5) is 18.9 Å². The van der Waals surface area contributed by atoms with E-state index in [1.54, 1.807) is 30.3 Å². The van der Waals surface area contributed by atoms with Crippen LogP contribution in [-0.2, 0) is 9.53 Å². The van der Waals surface area contributed by atoms with Crippen LogP contribution in [-0.4, -0.2) is 38.8 Å². The first kappa shape index (κ1) is 17.2. The summed E-state index contributed by atoms with van der Waals surface area (Å²) in [5.74, 6) is -0.541. The number of benzene rings is 1. The van der Waals surface area contributed by atoms with Crippen molar-refractivity contribution >= 4 is 17.4 Å². The molecular weight excluding hydrogens is 283 g/mol. The number of nitrogens with zero attached hydrogens (tertiary/aromatic N) is 1. The standard InChI is InChI=1S/C15H18F3NO2/c1-21-14(20)8-7-13(15(9-16,10-17)11-18)19-12-5-3-2-4-6-12/h2-6H,7-11H2,1H3. The molecule has 0 saturated heterocycles. The number of halogens is 3. The summed E-state index contributed by atoms with van der Waals surface area (Å²) in [4.78, 5) is 15.3. The van der Waals surface area contributed by atoms with E-state index in [-0.39, 0.29) is 18.6 Å². The summed E-state index contributed by atoms with van der Waals surface area (Å²) in [5, 5.41) is 0. The Hall–Kier alpha value is -1.85. The molecule has 0 aliphatic heterocycles. The molecule has 0 N–H and O–H groups in total. The molecule has 6 heteroatoms. The third kappa shape index (κ3) is 4.58. The molecule has 0 saturated carbocycles. The Balaban J connectivity index is 3.10. The van der Waals surface area contributed by atoms with E-state index in [1.165, 1.54) is 7.11 Å². The zero-order valence-corrected chi connectivity index (χ0v) is 11.8. The molecule has 0 amide bonds. The van der Waals surface area contributed by atoms with E-state index >= 15 is 0 Å². The van der Waals surface area contributed by atoms with Crippen molar-refractivity contribution in [2.75, 3.05) is 27.1 Å². The molecule has 0 atom stereocenters. The molecule has 21 heavy (non-hydrogen) atoms. The molecule has 1 aromatic carbocycles. The van der Waals surface area contributed by atoms with Gasteiger partial charge in [0.15, 0.2) is 0 Å². The fourth-order valence-corrected chi connectivity index (χ4v) is 1.76. The van der Waals surface area contributed by atoms with E-state index in [9.17, 15) is 18.0 Å². The molecule has 0 heterocycles. The second-order valence-corrected chi connectivity index (χ2v) is 4.65. The number of esters is 1. The molecule has 0 radical (unpaired) electrons. The maximum absolute atomic E-state index is 13.2. The minimum Gasteiger partial charge on any atom is -0.469 e. The quantitative estimate of drug-likeness (QED) is 0.543. The number of alkyl halides is 3. The number of hydrogen-bond acceptors (Lipinski definition) is 3. The highest BCUT2D eigenvalue weighted by atomic mass is 19.1. The van der Waals surface area contributed by atoms with Crippen LogP contribution >= 0.6 is 0 Å². The van der Waals surface area contributed by atoms with Gasteiger partial charge in [0.2, 0.25) is 0 Å². The average molecular weight is 301 g/mol. The number of methoxy groups -OCH3 is 1. The number of rotatable bonds is 8. The Morgan fingerprint density at radius 1 is 1.10 bits per heavy atom. The van der Waals surface area contributed by atoms with Crippen molar-refractivity contribution in [3.05, 3.63) is 30.3 Å². The van der Waals surface area contributed by atoms with Crippen molar-refractivity contribution in [1.82, 2.24) is 0 Å². The van der Waals surface area contributed by atoms with E-state index in [4.69, 9.17) is 0 Å². The molecule has 0 bridgehead atoms. The van der Waals surface area contributed by atoms with Gasteiger partial charge >= 0.3 is 5.97 Å². The third-order valence-electron chi connectivity index (χ3n) is 3.19. The fourth-order valence-electron chi connectivity index (χ4n) is 1.76. The molecule has 3 nitrogen and oxygen atoms in total. The molecular formula is C15H18F3NO2. The van der Waals surface area contributed by atoms with Crippen molar-refractivity contribution < 1.29 is 22.7 Å². The maximum atomic E-state index is 13.2. The van der Waals surface area contributed by atoms with Gasteiger partial charge in [-0.25, -0.2) is 13.2 Å². The summed E-state index contributed by atoms with van der Waals surface area (Å²) in [5.41, 5.74) is -1.48. The molecule has 1 aromatic rings. The Labute approximate surface area is 121 Å². The van der Waals surface area contributed by atoms with Gasteiger partial charge in [-0.2, -0.15) is 0 Å². The second kappa shape index (κ2) is 8.44. The third-order valence-corrected chi connectivity index (χ3v) is 3.19. The van der Waals surface area contributed by atoms with Crippen molar-refractivity contribution in [3.8, 4) is 0 Å². The van der Waals surface area contributed by atoms with Gasteiger partial charge in [-0.15, -0.1) is 0 Å². The smallest absolute Gasteiger partial charge is 0.305 e. The lowest BCUT2D eigenvalue weighted by Gasteiger charge is -2.26. The van der Waals surface area contributed by atoms with Crippen LogP contribution in [0.5, 0.6) is 0 Å². The first-order chi connectivity index (χ1) is 10.1. The predicted molar refractivity (Wildman–Crippen MR) is 75.1 cm³/mol. The SMILES string of the molecule is COC(=O)CCC(=Nc1ccccc1)C(CF)(CF)CF. The molecule has 1 rings (SSSR count). The number of hydrogen-bond donors (Lipinski definition) is 0. The van der Waals surface area contributed by atoms with Crippen LogP contribution in [0.15, 0.2) is 35.3 Å². The van der Waals surface area contributed by atoms with E-state index in [0.29, 0.717) is 5.69 Å². The van der Waals surface area contributed by atoms with Gasteiger partial charge in [0.05, 0.1) is 24.6 Å². The summed E-state index contributed by atoms with van der Waals surface area (Å²) in [7, 11) is 1.21. The monoisotopic (exact) mass is 301 g/mol. The van der Waals surface area contributed by atoms with Gasteiger partial charge < -0.3 is 4.74 Å². The molecule has 0 aliphatic carbocycles. The number of aliphatic imine (C=N–C) groups is 1. The summed E-state index contributed by atoms with van der Waals surface area (Å²) < 4.78 is 44.1. The van der Waals surface area contributed by atoms with E-state index in [1.807, 2.05) is 0 Å².